The van der Waals surface area contributed by atoms with E-state index in [0.29, 0.717) is 44.6 Å². The third-order valence-electron chi connectivity index (χ3n) is 2.11. The van der Waals surface area contributed by atoms with Gasteiger partial charge in [-0.2, -0.15) is 24.9 Å². The minimum absolute atomic E-state index is 0. The molecule has 1 fully saturated rings. The highest BCUT2D eigenvalue weighted by Crippen LogP contribution is 2.20. The smallest absolute Gasteiger partial charge is 0.378 e. The van der Waals surface area contributed by atoms with Gasteiger partial charge in [0.1, 0.15) is 0 Å². The number of rotatable bonds is 4. The van der Waals surface area contributed by atoms with Crippen molar-refractivity contribution in [3.63, 3.8) is 0 Å². The lowest BCUT2D eigenvalue weighted by Crippen LogP contribution is -2.44. The standard InChI is InChI=1S/C9H16F3N3OS.HI/c10-9(11,12)7-17-6-1-14-8(13)15-2-4-16-5-3-15;/h1-7H2,(H2,13,14);1H. The molecule has 0 spiro atoms. The number of ether oxygens (including phenoxy) is 1. The molecule has 9 heteroatoms. The van der Waals surface area contributed by atoms with Crippen molar-refractivity contribution in [1.82, 2.24) is 4.90 Å². The zero-order valence-electron chi connectivity index (χ0n) is 9.78. The lowest BCUT2D eigenvalue weighted by molar-refractivity contribution is -0.105. The maximum absolute atomic E-state index is 11.8. The molecule has 0 radical (unpaired) electrons. The van der Waals surface area contributed by atoms with Crippen LogP contribution in [0.2, 0.25) is 0 Å². The number of nitrogens with two attached hydrogens (primary N) is 1. The van der Waals surface area contributed by atoms with Crippen molar-refractivity contribution in [2.24, 2.45) is 10.7 Å². The third kappa shape index (κ3) is 8.25. The van der Waals surface area contributed by atoms with E-state index in [1.165, 1.54) is 0 Å². The van der Waals surface area contributed by atoms with Crippen LogP contribution in [0, 0.1) is 0 Å². The number of morpholine rings is 1. The Hall–Kier alpha value is 0.100. The predicted molar refractivity (Wildman–Crippen MR) is 77.7 cm³/mol. The van der Waals surface area contributed by atoms with Crippen LogP contribution in [0.5, 0.6) is 0 Å². The van der Waals surface area contributed by atoms with Gasteiger partial charge in [-0.05, 0) is 0 Å². The molecule has 0 aromatic heterocycles. The van der Waals surface area contributed by atoms with Gasteiger partial charge in [0.25, 0.3) is 0 Å². The molecule has 0 aromatic carbocycles. The SMILES string of the molecule is I.NC(=NCCSCC(F)(F)F)N1CCOCC1. The first-order chi connectivity index (χ1) is 7.99. The average Bonchev–Trinajstić information content (AvgIpc) is 2.28. The lowest BCUT2D eigenvalue weighted by atomic mass is 10.4. The molecule has 2 N–H and O–H groups in total. The quantitative estimate of drug-likeness (QED) is 0.338. The van der Waals surface area contributed by atoms with E-state index < -0.39 is 11.9 Å². The third-order valence-corrected chi connectivity index (χ3v) is 3.11. The molecule has 1 heterocycles. The first-order valence-corrected chi connectivity index (χ1v) is 6.41. The Kier molecular flexibility index (Phi) is 9.13. The number of hydrogen-bond acceptors (Lipinski definition) is 3. The molecule has 1 saturated heterocycles. The highest BCUT2D eigenvalue weighted by atomic mass is 127. The Balaban J connectivity index is 0.00000289. The Labute approximate surface area is 126 Å². The number of halogens is 4. The fraction of sp³-hybridized carbons (Fsp3) is 0.889. The number of alkyl halides is 3. The number of guanidine groups is 1. The highest BCUT2D eigenvalue weighted by molar-refractivity contribution is 14.0. The van der Waals surface area contributed by atoms with Gasteiger partial charge in [0, 0.05) is 18.8 Å². The molecule has 0 amide bonds. The lowest BCUT2D eigenvalue weighted by Gasteiger charge is -2.27. The fourth-order valence-electron chi connectivity index (χ4n) is 1.31. The van der Waals surface area contributed by atoms with Gasteiger partial charge in [-0.15, -0.1) is 24.0 Å². The number of hydrogen-bond donors (Lipinski definition) is 1. The summed E-state index contributed by atoms with van der Waals surface area (Å²) >= 11 is 0.818. The van der Waals surface area contributed by atoms with Gasteiger partial charge < -0.3 is 15.4 Å². The predicted octanol–water partition coefficient (Wildman–Crippen LogP) is 1.55. The van der Waals surface area contributed by atoms with Gasteiger partial charge in [-0.1, -0.05) is 0 Å². The summed E-state index contributed by atoms with van der Waals surface area (Å²) in [4.78, 5) is 5.92. The van der Waals surface area contributed by atoms with Crippen LogP contribution >= 0.6 is 35.7 Å². The second-order valence-electron chi connectivity index (χ2n) is 3.51. The summed E-state index contributed by atoms with van der Waals surface area (Å²) in [6.07, 6.45) is -4.11. The van der Waals surface area contributed by atoms with Crippen molar-refractivity contribution < 1.29 is 17.9 Å². The molecular weight excluding hydrogens is 382 g/mol. The van der Waals surface area contributed by atoms with E-state index in [1.807, 2.05) is 4.90 Å². The van der Waals surface area contributed by atoms with Crippen LogP contribution in [0.25, 0.3) is 0 Å². The minimum atomic E-state index is -4.11. The molecule has 108 valence electrons. The minimum Gasteiger partial charge on any atom is -0.378 e. The number of thioether (sulfide) groups is 1. The maximum Gasteiger partial charge on any atom is 0.397 e. The topological polar surface area (TPSA) is 50.8 Å². The summed E-state index contributed by atoms with van der Waals surface area (Å²) < 4.78 is 40.6. The van der Waals surface area contributed by atoms with E-state index in [-0.39, 0.29) is 24.0 Å². The van der Waals surface area contributed by atoms with E-state index in [4.69, 9.17) is 10.5 Å². The van der Waals surface area contributed by atoms with Gasteiger partial charge in [0.15, 0.2) is 5.96 Å². The largest absolute Gasteiger partial charge is 0.397 e. The molecule has 0 bridgehead atoms. The molecule has 0 saturated carbocycles. The van der Waals surface area contributed by atoms with E-state index in [0.717, 1.165) is 11.8 Å². The van der Waals surface area contributed by atoms with Gasteiger partial charge in [0.2, 0.25) is 0 Å². The number of aliphatic imine (C=N–C) groups is 1. The zero-order valence-corrected chi connectivity index (χ0v) is 12.9. The summed E-state index contributed by atoms with van der Waals surface area (Å²) in [6, 6.07) is 0. The molecule has 1 aliphatic rings. The van der Waals surface area contributed by atoms with E-state index in [2.05, 4.69) is 4.99 Å². The van der Waals surface area contributed by atoms with Gasteiger partial charge in [-0.25, -0.2) is 0 Å². The summed E-state index contributed by atoms with van der Waals surface area (Å²) in [6.45, 7) is 2.90. The van der Waals surface area contributed by atoms with Crippen LogP contribution in [-0.2, 0) is 4.74 Å². The van der Waals surface area contributed by atoms with Crippen LogP contribution in [0.4, 0.5) is 13.2 Å². The van der Waals surface area contributed by atoms with Gasteiger partial charge in [0.05, 0.1) is 25.5 Å². The van der Waals surface area contributed by atoms with E-state index in [1.54, 1.807) is 0 Å². The van der Waals surface area contributed by atoms with Crippen molar-refractivity contribution in [2.75, 3.05) is 44.4 Å². The molecule has 0 aromatic rings. The van der Waals surface area contributed by atoms with Gasteiger partial charge in [-0.3, -0.25) is 4.99 Å². The molecule has 0 unspecified atom stereocenters. The van der Waals surface area contributed by atoms with Crippen LogP contribution in [0.15, 0.2) is 4.99 Å². The van der Waals surface area contributed by atoms with Crippen LogP contribution in [-0.4, -0.2) is 61.4 Å². The Morgan fingerprint density at radius 3 is 2.50 bits per heavy atom. The fourth-order valence-corrected chi connectivity index (χ4v) is 1.90. The van der Waals surface area contributed by atoms with E-state index >= 15 is 0 Å². The molecule has 4 nitrogen and oxygen atoms in total. The summed E-state index contributed by atoms with van der Waals surface area (Å²) in [5.74, 6) is -0.120. The normalized spacial score (nSPS) is 17.5. The molecule has 1 rings (SSSR count). The highest BCUT2D eigenvalue weighted by Gasteiger charge is 2.26. The molecule has 18 heavy (non-hydrogen) atoms. The Bertz CT molecular complexity index is 260. The van der Waals surface area contributed by atoms with Gasteiger partial charge >= 0.3 is 6.18 Å². The summed E-state index contributed by atoms with van der Waals surface area (Å²) in [5.41, 5.74) is 5.71. The van der Waals surface area contributed by atoms with Crippen LogP contribution in [0.1, 0.15) is 0 Å². The summed E-state index contributed by atoms with van der Waals surface area (Å²) in [5, 5.41) is 0. The average molecular weight is 399 g/mol. The Morgan fingerprint density at radius 1 is 1.33 bits per heavy atom. The maximum atomic E-state index is 11.8. The zero-order chi connectivity index (χ0) is 12.7. The van der Waals surface area contributed by atoms with Crippen molar-refractivity contribution in [3.05, 3.63) is 0 Å². The van der Waals surface area contributed by atoms with Crippen molar-refractivity contribution >= 4 is 41.7 Å². The molecule has 1 aliphatic heterocycles. The van der Waals surface area contributed by atoms with E-state index in [9.17, 15) is 13.2 Å². The first-order valence-electron chi connectivity index (χ1n) is 5.26. The van der Waals surface area contributed by atoms with Crippen molar-refractivity contribution in [2.45, 2.75) is 6.18 Å². The molecule has 0 aliphatic carbocycles. The second-order valence-corrected chi connectivity index (χ2v) is 4.61. The summed E-state index contributed by atoms with van der Waals surface area (Å²) in [7, 11) is 0. The molecular formula is C9H17F3IN3OS. The van der Waals surface area contributed by atoms with Crippen LogP contribution in [0.3, 0.4) is 0 Å². The van der Waals surface area contributed by atoms with Crippen molar-refractivity contribution in [1.29, 1.82) is 0 Å². The first kappa shape index (κ1) is 18.1. The van der Waals surface area contributed by atoms with Crippen molar-refractivity contribution in [3.8, 4) is 0 Å². The molecule has 0 atom stereocenters. The number of nitrogens with zero attached hydrogens (tertiary/aromatic N) is 2. The monoisotopic (exact) mass is 399 g/mol. The van der Waals surface area contributed by atoms with Crippen LogP contribution < -0.4 is 5.73 Å². The Morgan fingerprint density at radius 2 is 1.94 bits per heavy atom. The second kappa shape index (κ2) is 9.08.